The predicted molar refractivity (Wildman–Crippen MR) is 103 cm³/mol. The normalized spacial score (nSPS) is 15.7. The Balaban J connectivity index is 1.86. The molecule has 9 nitrogen and oxygen atoms in total. The number of nitriles is 1. The summed E-state index contributed by atoms with van der Waals surface area (Å²) >= 11 is 0. The van der Waals surface area contributed by atoms with Crippen molar-refractivity contribution in [3.63, 3.8) is 0 Å². The number of nitrogens with zero attached hydrogens (tertiary/aromatic N) is 4. The Bertz CT molecular complexity index is 965. The van der Waals surface area contributed by atoms with Crippen LogP contribution in [0, 0.1) is 18.3 Å². The van der Waals surface area contributed by atoms with Gasteiger partial charge in [0, 0.05) is 32.2 Å². The minimum atomic E-state index is -3.63. The Morgan fingerprint density at radius 1 is 1.29 bits per heavy atom. The summed E-state index contributed by atoms with van der Waals surface area (Å²) in [5.41, 5.74) is 0.100. The zero-order chi connectivity index (χ0) is 20.3. The molecule has 1 aliphatic rings. The summed E-state index contributed by atoms with van der Waals surface area (Å²) in [5, 5.41) is 12.3. The molecule has 0 spiro atoms. The second-order valence-corrected chi connectivity index (χ2v) is 8.94. The number of piperidine rings is 1. The Morgan fingerprint density at radius 2 is 2.00 bits per heavy atom. The summed E-state index contributed by atoms with van der Waals surface area (Å²) < 4.78 is 38.6. The van der Waals surface area contributed by atoms with E-state index in [0.29, 0.717) is 19.6 Å². The van der Waals surface area contributed by atoms with Crippen molar-refractivity contribution in [2.75, 3.05) is 45.6 Å². The second-order valence-electron chi connectivity index (χ2n) is 7.03. The van der Waals surface area contributed by atoms with Crippen molar-refractivity contribution in [1.29, 1.82) is 5.26 Å². The molecule has 3 heterocycles. The van der Waals surface area contributed by atoms with Crippen LogP contribution in [0.4, 0.5) is 5.88 Å². The van der Waals surface area contributed by atoms with Gasteiger partial charge in [0.25, 0.3) is 5.89 Å². The molecule has 0 amide bonds. The van der Waals surface area contributed by atoms with Gasteiger partial charge in [-0.3, -0.25) is 0 Å². The van der Waals surface area contributed by atoms with Gasteiger partial charge in [0.15, 0.2) is 5.76 Å². The monoisotopic (exact) mass is 407 g/mol. The van der Waals surface area contributed by atoms with Crippen molar-refractivity contribution in [1.82, 2.24) is 14.2 Å². The van der Waals surface area contributed by atoms with E-state index in [0.717, 1.165) is 25.8 Å². The standard InChI is InChI=1S/C18H25N5O4S/c1-13-16(28(24,25)23-8-5-4-6-9-23)11-15(26-13)18-21-14(12-19)17(27-18)20-7-10-22(2)3/h11,20H,4-10H2,1-3H3. The number of hydrogen-bond acceptors (Lipinski definition) is 8. The third-order valence-electron chi connectivity index (χ3n) is 4.59. The van der Waals surface area contributed by atoms with Crippen LogP contribution in [0.1, 0.15) is 30.7 Å². The molecule has 152 valence electrons. The van der Waals surface area contributed by atoms with E-state index in [1.807, 2.05) is 25.1 Å². The molecule has 10 heteroatoms. The number of rotatable bonds is 7. The van der Waals surface area contributed by atoms with Gasteiger partial charge in [-0.2, -0.15) is 14.6 Å². The average Bonchev–Trinajstić information content (AvgIpc) is 3.26. The molecule has 28 heavy (non-hydrogen) atoms. The maximum absolute atomic E-state index is 12.9. The molecule has 0 radical (unpaired) electrons. The average molecular weight is 407 g/mol. The minimum Gasteiger partial charge on any atom is -0.455 e. The van der Waals surface area contributed by atoms with Crippen LogP contribution in [-0.2, 0) is 10.0 Å². The molecular weight excluding hydrogens is 382 g/mol. The summed E-state index contributed by atoms with van der Waals surface area (Å²) in [6.07, 6.45) is 2.75. The third kappa shape index (κ3) is 4.22. The molecule has 1 fully saturated rings. The van der Waals surface area contributed by atoms with Crippen molar-refractivity contribution < 1.29 is 17.3 Å². The Labute approximate surface area is 165 Å². The van der Waals surface area contributed by atoms with Crippen LogP contribution >= 0.6 is 0 Å². The SMILES string of the molecule is Cc1oc(-c2nc(C#N)c(NCCN(C)C)o2)cc1S(=O)(=O)N1CCCCC1. The summed E-state index contributed by atoms with van der Waals surface area (Å²) in [4.78, 5) is 6.24. The van der Waals surface area contributed by atoms with Crippen LogP contribution in [-0.4, -0.2) is 62.9 Å². The molecule has 0 aliphatic carbocycles. The molecule has 0 bridgehead atoms. The highest BCUT2D eigenvalue weighted by Crippen LogP contribution is 2.32. The number of aromatic nitrogens is 1. The number of oxazole rings is 1. The van der Waals surface area contributed by atoms with Crippen molar-refractivity contribution >= 4 is 15.9 Å². The van der Waals surface area contributed by atoms with Crippen LogP contribution in [0.3, 0.4) is 0 Å². The summed E-state index contributed by atoms with van der Waals surface area (Å²) in [7, 11) is 0.250. The van der Waals surface area contributed by atoms with Crippen LogP contribution < -0.4 is 5.32 Å². The fourth-order valence-corrected chi connectivity index (χ4v) is 4.76. The number of anilines is 1. The van der Waals surface area contributed by atoms with E-state index in [-0.39, 0.29) is 33.9 Å². The van der Waals surface area contributed by atoms with Crippen LogP contribution in [0.15, 0.2) is 19.8 Å². The zero-order valence-corrected chi connectivity index (χ0v) is 17.2. The van der Waals surface area contributed by atoms with E-state index in [1.54, 1.807) is 6.92 Å². The van der Waals surface area contributed by atoms with Gasteiger partial charge in [-0.15, -0.1) is 0 Å². The Morgan fingerprint density at radius 3 is 2.64 bits per heavy atom. The van der Waals surface area contributed by atoms with Gasteiger partial charge >= 0.3 is 0 Å². The first-order valence-corrected chi connectivity index (χ1v) is 10.7. The van der Waals surface area contributed by atoms with Crippen LogP contribution in [0.5, 0.6) is 0 Å². The number of furan rings is 1. The predicted octanol–water partition coefficient (Wildman–Crippen LogP) is 2.26. The van der Waals surface area contributed by atoms with E-state index in [1.165, 1.54) is 10.4 Å². The first-order chi connectivity index (χ1) is 13.3. The van der Waals surface area contributed by atoms with Crippen molar-refractivity contribution in [3.05, 3.63) is 17.5 Å². The first kappa shape index (κ1) is 20.4. The number of likely N-dealkylation sites (N-methyl/N-ethyl adjacent to an activating group) is 1. The van der Waals surface area contributed by atoms with Gasteiger partial charge in [0.2, 0.25) is 21.6 Å². The van der Waals surface area contributed by atoms with E-state index in [9.17, 15) is 13.7 Å². The molecule has 0 aromatic carbocycles. The highest BCUT2D eigenvalue weighted by molar-refractivity contribution is 7.89. The van der Waals surface area contributed by atoms with E-state index < -0.39 is 10.0 Å². The lowest BCUT2D eigenvalue weighted by atomic mass is 10.2. The van der Waals surface area contributed by atoms with E-state index >= 15 is 0 Å². The molecule has 0 unspecified atom stereocenters. The fraction of sp³-hybridized carbons (Fsp3) is 0.556. The van der Waals surface area contributed by atoms with E-state index in [4.69, 9.17) is 8.83 Å². The zero-order valence-electron chi connectivity index (χ0n) is 16.4. The van der Waals surface area contributed by atoms with E-state index in [2.05, 4.69) is 10.3 Å². The van der Waals surface area contributed by atoms with Gasteiger partial charge < -0.3 is 19.1 Å². The van der Waals surface area contributed by atoms with Crippen molar-refractivity contribution in [2.45, 2.75) is 31.1 Å². The molecule has 1 saturated heterocycles. The van der Waals surface area contributed by atoms with Gasteiger partial charge in [-0.05, 0) is 33.9 Å². The number of nitrogens with one attached hydrogen (secondary N) is 1. The maximum atomic E-state index is 12.9. The minimum absolute atomic E-state index is 0.0760. The van der Waals surface area contributed by atoms with Crippen LogP contribution in [0.2, 0.25) is 0 Å². The molecule has 0 saturated carbocycles. The fourth-order valence-electron chi connectivity index (χ4n) is 3.09. The molecule has 2 aromatic rings. The van der Waals surface area contributed by atoms with Gasteiger partial charge in [-0.1, -0.05) is 6.42 Å². The molecule has 1 aliphatic heterocycles. The smallest absolute Gasteiger partial charge is 0.266 e. The Kier molecular flexibility index (Phi) is 6.07. The number of aryl methyl sites for hydroxylation is 1. The van der Waals surface area contributed by atoms with Gasteiger partial charge in [0.05, 0.1) is 0 Å². The highest BCUT2D eigenvalue weighted by atomic mass is 32.2. The summed E-state index contributed by atoms with van der Waals surface area (Å²) in [6, 6.07) is 3.40. The molecule has 2 aromatic heterocycles. The quantitative estimate of drug-likeness (QED) is 0.743. The lowest BCUT2D eigenvalue weighted by Crippen LogP contribution is -2.35. The first-order valence-electron chi connectivity index (χ1n) is 9.23. The number of hydrogen-bond donors (Lipinski definition) is 1. The largest absolute Gasteiger partial charge is 0.455 e. The van der Waals surface area contributed by atoms with Gasteiger partial charge in [-0.25, -0.2) is 8.42 Å². The lowest BCUT2D eigenvalue weighted by Gasteiger charge is -2.25. The molecule has 0 atom stereocenters. The maximum Gasteiger partial charge on any atom is 0.266 e. The second kappa shape index (κ2) is 8.34. The topological polar surface area (TPSA) is 116 Å². The van der Waals surface area contributed by atoms with Gasteiger partial charge in [0.1, 0.15) is 16.7 Å². The third-order valence-corrected chi connectivity index (χ3v) is 6.60. The Hall–Kier alpha value is -2.35. The number of sulfonamides is 1. The van der Waals surface area contributed by atoms with Crippen molar-refractivity contribution in [2.24, 2.45) is 0 Å². The molecule has 1 N–H and O–H groups in total. The molecule has 3 rings (SSSR count). The molecular formula is C18H25N5O4S. The summed E-state index contributed by atoms with van der Waals surface area (Å²) in [6.45, 7) is 3.95. The highest BCUT2D eigenvalue weighted by Gasteiger charge is 2.31. The summed E-state index contributed by atoms with van der Waals surface area (Å²) in [5.74, 6) is 0.783. The van der Waals surface area contributed by atoms with Crippen molar-refractivity contribution in [3.8, 4) is 17.7 Å². The lowest BCUT2D eigenvalue weighted by molar-refractivity contribution is 0.346. The van der Waals surface area contributed by atoms with Crippen LogP contribution in [0.25, 0.3) is 11.7 Å².